The fraction of sp³-hybridized carbons (Fsp3) is 0.312. The number of anilines is 1. The Hall–Kier alpha value is -2.21. The highest BCUT2D eigenvalue weighted by Gasteiger charge is 2.10. The molecule has 2 N–H and O–H groups in total. The average molecular weight is 317 g/mol. The van der Waals surface area contributed by atoms with Gasteiger partial charge in [0, 0.05) is 11.4 Å². The van der Waals surface area contributed by atoms with Crippen LogP contribution in [0.4, 0.5) is 5.13 Å². The lowest BCUT2D eigenvalue weighted by Gasteiger charge is -2.06. The minimum Gasteiger partial charge on any atom is -0.354 e. The smallest absolute Gasteiger partial charge is 0.230 e. The first kappa shape index (κ1) is 16.2. The van der Waals surface area contributed by atoms with E-state index >= 15 is 0 Å². The fourth-order valence-electron chi connectivity index (χ4n) is 1.93. The zero-order valence-corrected chi connectivity index (χ0v) is 13.4. The van der Waals surface area contributed by atoms with Crippen molar-refractivity contribution in [1.82, 2.24) is 10.3 Å². The Morgan fingerprint density at radius 1 is 1.14 bits per heavy atom. The van der Waals surface area contributed by atoms with Crippen molar-refractivity contribution >= 4 is 28.3 Å². The van der Waals surface area contributed by atoms with E-state index in [0.29, 0.717) is 17.2 Å². The highest BCUT2D eigenvalue weighted by molar-refractivity contribution is 7.13. The monoisotopic (exact) mass is 317 g/mol. The summed E-state index contributed by atoms with van der Waals surface area (Å²) in [4.78, 5) is 27.9. The van der Waals surface area contributed by atoms with Crippen molar-refractivity contribution in [3.05, 3.63) is 47.0 Å². The molecule has 0 aliphatic carbocycles. The van der Waals surface area contributed by atoms with Crippen LogP contribution in [0.15, 0.2) is 35.7 Å². The average Bonchev–Trinajstić information content (AvgIpc) is 2.85. The number of thiazole rings is 1. The van der Waals surface area contributed by atoms with E-state index in [2.05, 4.69) is 15.6 Å². The van der Waals surface area contributed by atoms with E-state index in [1.165, 1.54) is 11.3 Å². The van der Waals surface area contributed by atoms with Gasteiger partial charge in [-0.1, -0.05) is 30.3 Å². The third-order valence-corrected chi connectivity index (χ3v) is 3.60. The molecule has 0 atom stereocenters. The van der Waals surface area contributed by atoms with Gasteiger partial charge in [0.2, 0.25) is 11.8 Å². The van der Waals surface area contributed by atoms with Gasteiger partial charge in [-0.3, -0.25) is 9.59 Å². The number of nitrogens with one attached hydrogen (secondary N) is 2. The van der Waals surface area contributed by atoms with Crippen LogP contribution in [0.2, 0.25) is 0 Å². The summed E-state index contributed by atoms with van der Waals surface area (Å²) in [6, 6.07) is 9.63. The van der Waals surface area contributed by atoms with Crippen LogP contribution >= 0.6 is 11.3 Å². The van der Waals surface area contributed by atoms with E-state index in [1.54, 1.807) is 5.38 Å². The first-order valence-corrected chi connectivity index (χ1v) is 7.98. The van der Waals surface area contributed by atoms with Gasteiger partial charge in [0.25, 0.3) is 0 Å². The van der Waals surface area contributed by atoms with Gasteiger partial charge in [-0.05, 0) is 19.4 Å². The first-order chi connectivity index (χ1) is 10.5. The zero-order chi connectivity index (χ0) is 15.9. The van der Waals surface area contributed by atoms with Crippen LogP contribution in [0, 0.1) is 0 Å². The summed E-state index contributed by atoms with van der Waals surface area (Å²) in [5.74, 6) is -0.179. The zero-order valence-electron chi connectivity index (χ0n) is 12.6. The summed E-state index contributed by atoms with van der Waals surface area (Å²) >= 11 is 1.33. The number of rotatable bonds is 6. The molecule has 5 nitrogen and oxygen atoms in total. The van der Waals surface area contributed by atoms with Gasteiger partial charge in [0.05, 0.1) is 18.5 Å². The fourth-order valence-corrected chi connectivity index (χ4v) is 2.65. The van der Waals surface area contributed by atoms with Crippen LogP contribution in [-0.4, -0.2) is 22.8 Å². The van der Waals surface area contributed by atoms with Crippen molar-refractivity contribution < 1.29 is 9.59 Å². The molecule has 22 heavy (non-hydrogen) atoms. The SMILES string of the molecule is CC(C)NC(=O)Cc1csc(NC(=O)Cc2ccccc2)n1. The largest absolute Gasteiger partial charge is 0.354 e. The number of carbonyl (C=O) groups excluding carboxylic acids is 2. The molecule has 0 saturated heterocycles. The third-order valence-electron chi connectivity index (χ3n) is 2.80. The van der Waals surface area contributed by atoms with Crippen LogP contribution in [-0.2, 0) is 22.4 Å². The van der Waals surface area contributed by atoms with Gasteiger partial charge in [0.1, 0.15) is 0 Å². The lowest BCUT2D eigenvalue weighted by atomic mass is 10.1. The van der Waals surface area contributed by atoms with Crippen molar-refractivity contribution in [1.29, 1.82) is 0 Å². The van der Waals surface area contributed by atoms with Crippen molar-refractivity contribution in [2.45, 2.75) is 32.7 Å². The molecular formula is C16H19N3O2S. The molecule has 0 aliphatic heterocycles. The second kappa shape index (κ2) is 7.70. The lowest BCUT2D eigenvalue weighted by Crippen LogP contribution is -2.31. The molecule has 0 unspecified atom stereocenters. The Labute approximate surface area is 133 Å². The molecule has 0 fully saturated rings. The summed E-state index contributed by atoms with van der Waals surface area (Å²) in [7, 11) is 0. The highest BCUT2D eigenvalue weighted by Crippen LogP contribution is 2.16. The topological polar surface area (TPSA) is 71.1 Å². The molecule has 0 bridgehead atoms. The normalized spacial score (nSPS) is 10.5. The Balaban J connectivity index is 1.86. The maximum absolute atomic E-state index is 11.9. The number of carbonyl (C=O) groups is 2. The number of aromatic nitrogens is 1. The van der Waals surface area contributed by atoms with E-state index in [0.717, 1.165) is 5.56 Å². The summed E-state index contributed by atoms with van der Waals surface area (Å²) in [6.45, 7) is 3.82. The molecule has 2 aromatic rings. The van der Waals surface area contributed by atoms with E-state index in [4.69, 9.17) is 0 Å². The standard InChI is InChI=1S/C16H19N3O2S/c1-11(2)17-15(21)9-13-10-22-16(18-13)19-14(20)8-12-6-4-3-5-7-12/h3-7,10-11H,8-9H2,1-2H3,(H,17,21)(H,18,19,20). The van der Waals surface area contributed by atoms with Gasteiger partial charge in [-0.15, -0.1) is 11.3 Å². The predicted octanol–water partition coefficient (Wildman–Crippen LogP) is 2.39. The van der Waals surface area contributed by atoms with E-state index in [-0.39, 0.29) is 24.3 Å². The number of benzene rings is 1. The number of hydrogen-bond donors (Lipinski definition) is 2. The number of nitrogens with zero attached hydrogens (tertiary/aromatic N) is 1. The van der Waals surface area contributed by atoms with Gasteiger partial charge in [-0.25, -0.2) is 4.98 Å². The van der Waals surface area contributed by atoms with Gasteiger partial charge < -0.3 is 10.6 Å². The summed E-state index contributed by atoms with van der Waals surface area (Å²) in [5, 5.41) is 7.89. The minimum atomic E-state index is -0.112. The molecule has 0 saturated carbocycles. The lowest BCUT2D eigenvalue weighted by molar-refractivity contribution is -0.121. The molecule has 116 valence electrons. The molecule has 1 aromatic carbocycles. The summed E-state index contributed by atoms with van der Waals surface area (Å²) < 4.78 is 0. The Bertz CT molecular complexity index is 638. The van der Waals surface area contributed by atoms with Crippen LogP contribution in [0.25, 0.3) is 0 Å². The quantitative estimate of drug-likeness (QED) is 0.859. The highest BCUT2D eigenvalue weighted by atomic mass is 32.1. The molecule has 0 spiro atoms. The van der Waals surface area contributed by atoms with Crippen molar-refractivity contribution in [3.63, 3.8) is 0 Å². The number of hydrogen-bond acceptors (Lipinski definition) is 4. The summed E-state index contributed by atoms with van der Waals surface area (Å²) in [6.07, 6.45) is 0.535. The second-order valence-electron chi connectivity index (χ2n) is 5.25. The van der Waals surface area contributed by atoms with Crippen LogP contribution in [0.3, 0.4) is 0 Å². The molecule has 1 heterocycles. The van der Waals surface area contributed by atoms with Crippen molar-refractivity contribution in [2.75, 3.05) is 5.32 Å². The molecule has 0 radical (unpaired) electrons. The molecule has 0 aliphatic rings. The van der Waals surface area contributed by atoms with E-state index in [9.17, 15) is 9.59 Å². The molecular weight excluding hydrogens is 298 g/mol. The van der Waals surface area contributed by atoms with E-state index in [1.807, 2.05) is 44.2 Å². The number of amides is 2. The van der Waals surface area contributed by atoms with Gasteiger partial charge >= 0.3 is 0 Å². The Morgan fingerprint density at radius 2 is 1.86 bits per heavy atom. The molecule has 2 rings (SSSR count). The van der Waals surface area contributed by atoms with Gasteiger partial charge in [0.15, 0.2) is 5.13 Å². The first-order valence-electron chi connectivity index (χ1n) is 7.10. The van der Waals surface area contributed by atoms with Gasteiger partial charge in [-0.2, -0.15) is 0 Å². The summed E-state index contributed by atoms with van der Waals surface area (Å²) in [5.41, 5.74) is 1.62. The third kappa shape index (κ3) is 5.29. The van der Waals surface area contributed by atoms with Crippen LogP contribution in [0.1, 0.15) is 25.1 Å². The molecule has 1 aromatic heterocycles. The van der Waals surface area contributed by atoms with Crippen molar-refractivity contribution in [3.8, 4) is 0 Å². The maximum Gasteiger partial charge on any atom is 0.230 e. The minimum absolute atomic E-state index is 0.0672. The van der Waals surface area contributed by atoms with Crippen LogP contribution in [0.5, 0.6) is 0 Å². The Kier molecular flexibility index (Phi) is 5.66. The van der Waals surface area contributed by atoms with E-state index < -0.39 is 0 Å². The molecule has 2 amide bonds. The Morgan fingerprint density at radius 3 is 2.55 bits per heavy atom. The maximum atomic E-state index is 11.9. The van der Waals surface area contributed by atoms with Crippen molar-refractivity contribution in [2.24, 2.45) is 0 Å². The predicted molar refractivity (Wildman–Crippen MR) is 87.9 cm³/mol. The molecule has 6 heteroatoms. The second-order valence-corrected chi connectivity index (χ2v) is 6.11. The van der Waals surface area contributed by atoms with Crippen LogP contribution < -0.4 is 10.6 Å².